The number of rotatable bonds is 7. The van der Waals surface area contributed by atoms with Gasteiger partial charge in [0.1, 0.15) is 5.75 Å². The topological polar surface area (TPSA) is 71.2 Å². The minimum absolute atomic E-state index is 0.131. The van der Waals surface area contributed by atoms with Gasteiger partial charge in [-0.15, -0.1) is 0 Å². The Kier molecular flexibility index (Phi) is 6.48. The standard InChI is InChI=1S/C23H25ClN2O3S/c1-13-16(11-19(27)25-12-23(2,3)30)20-17(26-13)9-10-18(29-4)21(20)22(28)14-5-7-15(24)8-6-14/h5-10,26,30H,11-12H2,1-4H3,(H,25,27). The van der Waals surface area contributed by atoms with Crippen LogP contribution in [0.2, 0.25) is 5.02 Å². The van der Waals surface area contributed by atoms with Crippen molar-refractivity contribution >= 4 is 46.8 Å². The monoisotopic (exact) mass is 444 g/mol. The summed E-state index contributed by atoms with van der Waals surface area (Å²) < 4.78 is 5.19. The second-order valence-corrected chi connectivity index (χ2v) is 9.54. The number of halogens is 1. The van der Waals surface area contributed by atoms with Crippen LogP contribution in [0.5, 0.6) is 5.75 Å². The molecular formula is C23H25ClN2O3S. The number of H-pyrrole nitrogens is 1. The van der Waals surface area contributed by atoms with Crippen molar-refractivity contribution in [1.82, 2.24) is 10.3 Å². The van der Waals surface area contributed by atoms with Gasteiger partial charge < -0.3 is 15.0 Å². The molecule has 0 saturated carbocycles. The van der Waals surface area contributed by atoms with Gasteiger partial charge >= 0.3 is 0 Å². The van der Waals surface area contributed by atoms with E-state index in [1.807, 2.05) is 26.8 Å². The molecule has 0 aliphatic rings. The molecule has 0 radical (unpaired) electrons. The lowest BCUT2D eigenvalue weighted by molar-refractivity contribution is -0.120. The predicted molar refractivity (Wildman–Crippen MR) is 124 cm³/mol. The van der Waals surface area contributed by atoms with Crippen molar-refractivity contribution in [2.75, 3.05) is 13.7 Å². The molecule has 1 heterocycles. The number of aromatic nitrogens is 1. The van der Waals surface area contributed by atoms with Crippen LogP contribution in [0.15, 0.2) is 36.4 Å². The van der Waals surface area contributed by atoms with Gasteiger partial charge in [-0.3, -0.25) is 9.59 Å². The van der Waals surface area contributed by atoms with E-state index < -0.39 is 0 Å². The van der Waals surface area contributed by atoms with E-state index in [1.54, 1.807) is 30.3 Å². The van der Waals surface area contributed by atoms with Crippen LogP contribution in [0.25, 0.3) is 10.9 Å². The van der Waals surface area contributed by atoms with Gasteiger partial charge in [-0.05, 0) is 62.7 Å². The van der Waals surface area contributed by atoms with Gasteiger partial charge in [0, 0.05) is 38.5 Å². The zero-order valence-electron chi connectivity index (χ0n) is 17.4. The zero-order chi connectivity index (χ0) is 22.1. The number of nitrogens with one attached hydrogen (secondary N) is 2. The molecule has 3 rings (SSSR count). The Morgan fingerprint density at radius 2 is 1.83 bits per heavy atom. The highest BCUT2D eigenvalue weighted by atomic mass is 35.5. The summed E-state index contributed by atoms with van der Waals surface area (Å²) in [7, 11) is 1.53. The maximum absolute atomic E-state index is 13.4. The largest absolute Gasteiger partial charge is 0.496 e. The van der Waals surface area contributed by atoms with Gasteiger partial charge in [-0.2, -0.15) is 12.6 Å². The first-order chi connectivity index (χ1) is 14.1. The average molecular weight is 445 g/mol. The first-order valence-corrected chi connectivity index (χ1v) is 10.4. The van der Waals surface area contributed by atoms with E-state index >= 15 is 0 Å². The molecule has 5 nitrogen and oxygen atoms in total. The molecule has 158 valence electrons. The first kappa shape index (κ1) is 22.2. The van der Waals surface area contributed by atoms with Gasteiger partial charge in [0.2, 0.25) is 5.91 Å². The summed E-state index contributed by atoms with van der Waals surface area (Å²) in [4.78, 5) is 29.3. The number of ketones is 1. The molecule has 7 heteroatoms. The summed E-state index contributed by atoms with van der Waals surface area (Å²) in [6.07, 6.45) is 0.143. The maximum atomic E-state index is 13.4. The zero-order valence-corrected chi connectivity index (χ0v) is 19.1. The quantitative estimate of drug-likeness (QED) is 0.364. The number of carbonyl (C=O) groups is 2. The third-order valence-electron chi connectivity index (χ3n) is 4.85. The molecule has 0 aliphatic carbocycles. The van der Waals surface area contributed by atoms with Crippen LogP contribution in [-0.2, 0) is 11.2 Å². The number of amides is 1. The molecule has 30 heavy (non-hydrogen) atoms. The van der Waals surface area contributed by atoms with Crippen molar-refractivity contribution in [3.8, 4) is 5.75 Å². The third-order valence-corrected chi connectivity index (χ3v) is 5.26. The van der Waals surface area contributed by atoms with Crippen LogP contribution in [0, 0.1) is 6.92 Å². The normalized spacial score (nSPS) is 11.5. The summed E-state index contributed by atoms with van der Waals surface area (Å²) in [6.45, 7) is 6.20. The number of aromatic amines is 1. The Hall–Kier alpha value is -2.44. The summed E-state index contributed by atoms with van der Waals surface area (Å²) >= 11 is 10.4. The fraction of sp³-hybridized carbons (Fsp3) is 0.304. The average Bonchev–Trinajstić information content (AvgIpc) is 3.00. The van der Waals surface area contributed by atoms with E-state index in [2.05, 4.69) is 22.9 Å². The number of thiol groups is 1. The highest BCUT2D eigenvalue weighted by molar-refractivity contribution is 7.81. The molecule has 2 N–H and O–H groups in total. The number of hydrogen-bond acceptors (Lipinski definition) is 4. The van der Waals surface area contributed by atoms with E-state index in [1.165, 1.54) is 7.11 Å². The molecule has 0 fully saturated rings. The molecule has 1 amide bonds. The van der Waals surface area contributed by atoms with Crippen molar-refractivity contribution in [2.24, 2.45) is 0 Å². The Labute approximate surface area is 186 Å². The van der Waals surface area contributed by atoms with Crippen molar-refractivity contribution in [2.45, 2.75) is 31.9 Å². The molecule has 0 aliphatic heterocycles. The Bertz CT molecular complexity index is 1100. The van der Waals surface area contributed by atoms with Crippen molar-refractivity contribution in [3.63, 3.8) is 0 Å². The molecule has 0 saturated heterocycles. The fourth-order valence-electron chi connectivity index (χ4n) is 3.37. The Morgan fingerprint density at radius 1 is 1.17 bits per heavy atom. The van der Waals surface area contributed by atoms with Crippen molar-refractivity contribution < 1.29 is 14.3 Å². The lowest BCUT2D eigenvalue weighted by Gasteiger charge is -2.18. The van der Waals surface area contributed by atoms with E-state index in [-0.39, 0.29) is 22.9 Å². The Balaban J connectivity index is 2.08. The lowest BCUT2D eigenvalue weighted by Crippen LogP contribution is -2.35. The molecule has 2 aromatic carbocycles. The second kappa shape index (κ2) is 8.74. The molecule has 0 atom stereocenters. The molecule has 1 aromatic heterocycles. The predicted octanol–water partition coefficient (Wildman–Crippen LogP) is 4.74. The summed E-state index contributed by atoms with van der Waals surface area (Å²) in [5, 5.41) is 4.16. The van der Waals surface area contributed by atoms with Gasteiger partial charge in [-0.25, -0.2) is 0 Å². The summed E-state index contributed by atoms with van der Waals surface area (Å²) in [5.74, 6) is 0.139. The summed E-state index contributed by atoms with van der Waals surface area (Å²) in [5.41, 5.74) is 3.32. The van der Waals surface area contributed by atoms with Crippen LogP contribution < -0.4 is 10.1 Å². The highest BCUT2D eigenvalue weighted by Gasteiger charge is 2.24. The molecule has 0 unspecified atom stereocenters. The van der Waals surface area contributed by atoms with E-state index in [0.29, 0.717) is 33.8 Å². The number of fused-ring (bicyclic) bond motifs is 1. The molecule has 0 bridgehead atoms. The SMILES string of the molecule is COc1ccc2[nH]c(C)c(CC(=O)NCC(C)(C)S)c2c1C(=O)c1ccc(Cl)cc1. The first-order valence-electron chi connectivity index (χ1n) is 9.58. The molecule has 3 aromatic rings. The van der Waals surface area contributed by atoms with Gasteiger partial charge in [0.25, 0.3) is 0 Å². The highest BCUT2D eigenvalue weighted by Crippen LogP contribution is 2.34. The lowest BCUT2D eigenvalue weighted by atomic mass is 9.95. The van der Waals surface area contributed by atoms with Gasteiger partial charge in [-0.1, -0.05) is 11.6 Å². The van der Waals surface area contributed by atoms with Crippen LogP contribution >= 0.6 is 24.2 Å². The van der Waals surface area contributed by atoms with E-state index in [0.717, 1.165) is 16.8 Å². The number of aryl methyl sites for hydroxylation is 1. The van der Waals surface area contributed by atoms with Crippen LogP contribution in [-0.4, -0.2) is 35.1 Å². The van der Waals surface area contributed by atoms with E-state index in [4.69, 9.17) is 16.3 Å². The minimum Gasteiger partial charge on any atom is -0.496 e. The smallest absolute Gasteiger partial charge is 0.224 e. The molecular weight excluding hydrogens is 420 g/mol. The maximum Gasteiger partial charge on any atom is 0.224 e. The van der Waals surface area contributed by atoms with Crippen molar-refractivity contribution in [1.29, 1.82) is 0 Å². The Morgan fingerprint density at radius 3 is 2.43 bits per heavy atom. The third kappa shape index (κ3) is 4.82. The number of ether oxygens (including phenoxy) is 1. The van der Waals surface area contributed by atoms with Crippen LogP contribution in [0.4, 0.5) is 0 Å². The second-order valence-electron chi connectivity index (χ2n) is 7.90. The van der Waals surface area contributed by atoms with Gasteiger partial charge in [0.15, 0.2) is 5.78 Å². The number of methoxy groups -OCH3 is 1. The van der Waals surface area contributed by atoms with Crippen LogP contribution in [0.1, 0.15) is 41.0 Å². The fourth-order valence-corrected chi connectivity index (χ4v) is 3.57. The van der Waals surface area contributed by atoms with Gasteiger partial charge in [0.05, 0.1) is 19.1 Å². The minimum atomic E-state index is -0.316. The number of carbonyl (C=O) groups excluding carboxylic acids is 2. The summed E-state index contributed by atoms with van der Waals surface area (Å²) in [6, 6.07) is 10.3. The molecule has 0 spiro atoms. The number of hydrogen-bond donors (Lipinski definition) is 3. The van der Waals surface area contributed by atoms with E-state index in [9.17, 15) is 9.59 Å². The van der Waals surface area contributed by atoms with Crippen molar-refractivity contribution in [3.05, 3.63) is 63.8 Å². The number of benzene rings is 2. The van der Waals surface area contributed by atoms with Crippen LogP contribution in [0.3, 0.4) is 0 Å².